The first kappa shape index (κ1) is 14.9. The normalized spacial score (nSPS) is 15.9. The van der Waals surface area contributed by atoms with Gasteiger partial charge in [-0.25, -0.2) is 4.79 Å². The Morgan fingerprint density at radius 1 is 1.50 bits per heavy atom. The molecule has 0 amide bonds. The van der Waals surface area contributed by atoms with Gasteiger partial charge in [-0.1, -0.05) is 0 Å². The van der Waals surface area contributed by atoms with E-state index in [1.54, 1.807) is 6.92 Å². The number of rotatable bonds is 2. The van der Waals surface area contributed by atoms with Crippen LogP contribution in [0.1, 0.15) is 19.8 Å². The monoisotopic (exact) mass is 244 g/mol. The zero-order chi connectivity index (χ0) is 11.3. The average Bonchev–Trinajstić information content (AvgIpc) is 2.22. The van der Waals surface area contributed by atoms with E-state index in [9.17, 15) is 4.79 Å². The Kier molecular flexibility index (Phi) is 6.78. The highest BCUT2D eigenvalue weighted by Gasteiger charge is 2.19. The summed E-state index contributed by atoms with van der Waals surface area (Å²) in [6.45, 7) is 3.86. The zero-order valence-corrected chi connectivity index (χ0v) is 10.5. The number of piperidine rings is 1. The highest BCUT2D eigenvalue weighted by atomic mass is 35.5. The maximum atomic E-state index is 11.4. The van der Waals surface area contributed by atoms with Crippen LogP contribution in [0.2, 0.25) is 0 Å². The van der Waals surface area contributed by atoms with Crippen LogP contribution in [0, 0.1) is 11.3 Å². The molecule has 1 aliphatic rings. The van der Waals surface area contributed by atoms with Crippen molar-refractivity contribution < 1.29 is 9.53 Å². The van der Waals surface area contributed by atoms with E-state index in [4.69, 9.17) is 10.00 Å². The minimum absolute atomic E-state index is 0. The third-order valence-corrected chi connectivity index (χ3v) is 2.54. The first-order valence-electron chi connectivity index (χ1n) is 5.16. The maximum absolute atomic E-state index is 11.4. The van der Waals surface area contributed by atoms with Crippen LogP contribution in [-0.2, 0) is 9.53 Å². The lowest BCUT2D eigenvalue weighted by atomic mass is 9.99. The van der Waals surface area contributed by atoms with Crippen molar-refractivity contribution in [1.82, 2.24) is 4.90 Å². The summed E-state index contributed by atoms with van der Waals surface area (Å²) >= 11 is 0. The number of hydrogen-bond donors (Lipinski definition) is 0. The number of nitrogens with zero attached hydrogens (tertiary/aromatic N) is 2. The van der Waals surface area contributed by atoms with Gasteiger partial charge in [0.1, 0.15) is 11.6 Å². The van der Waals surface area contributed by atoms with Gasteiger partial charge in [0, 0.05) is 13.1 Å². The van der Waals surface area contributed by atoms with E-state index in [0.717, 1.165) is 31.5 Å². The van der Waals surface area contributed by atoms with Gasteiger partial charge in [-0.15, -0.1) is 12.4 Å². The number of nitriles is 1. The van der Waals surface area contributed by atoms with Crippen molar-refractivity contribution >= 4 is 18.4 Å². The summed E-state index contributed by atoms with van der Waals surface area (Å²) in [6, 6.07) is 1.96. The summed E-state index contributed by atoms with van der Waals surface area (Å²) in [4.78, 5) is 13.6. The van der Waals surface area contributed by atoms with Gasteiger partial charge in [0.2, 0.25) is 0 Å². The molecule has 0 atom stereocenters. The molecule has 4 nitrogen and oxygen atoms in total. The molecule has 5 heteroatoms. The van der Waals surface area contributed by atoms with E-state index in [2.05, 4.69) is 4.90 Å². The van der Waals surface area contributed by atoms with Gasteiger partial charge in [-0.05, 0) is 32.4 Å². The van der Waals surface area contributed by atoms with Gasteiger partial charge in [0.25, 0.3) is 0 Å². The second-order valence-electron chi connectivity index (χ2n) is 3.61. The topological polar surface area (TPSA) is 53.3 Å². The van der Waals surface area contributed by atoms with Crippen molar-refractivity contribution in [3.63, 3.8) is 0 Å². The van der Waals surface area contributed by atoms with Gasteiger partial charge in [-0.3, -0.25) is 0 Å². The van der Waals surface area contributed by atoms with E-state index < -0.39 is 5.97 Å². The lowest BCUT2D eigenvalue weighted by Gasteiger charge is -2.24. The van der Waals surface area contributed by atoms with E-state index >= 15 is 0 Å². The Labute approximate surface area is 102 Å². The first-order valence-corrected chi connectivity index (χ1v) is 5.16. The van der Waals surface area contributed by atoms with E-state index in [1.165, 1.54) is 0 Å². The molecule has 90 valence electrons. The molecule has 0 aromatic heterocycles. The zero-order valence-electron chi connectivity index (χ0n) is 9.65. The molecule has 1 saturated heterocycles. The molecule has 0 unspecified atom stereocenters. The Morgan fingerprint density at radius 2 is 2.06 bits per heavy atom. The molecule has 0 aromatic carbocycles. The maximum Gasteiger partial charge on any atom is 0.348 e. The summed E-state index contributed by atoms with van der Waals surface area (Å²) in [5, 5.41) is 8.92. The Balaban J connectivity index is 0.00000225. The third kappa shape index (κ3) is 3.84. The van der Waals surface area contributed by atoms with Crippen LogP contribution in [0.4, 0.5) is 0 Å². The van der Waals surface area contributed by atoms with E-state index in [0.29, 0.717) is 6.61 Å². The molecule has 0 bridgehead atoms. The van der Waals surface area contributed by atoms with Crippen molar-refractivity contribution in [3.8, 4) is 6.07 Å². The van der Waals surface area contributed by atoms with Crippen LogP contribution < -0.4 is 0 Å². The SMILES string of the molecule is CCOC(=O)C(C#N)=C1CCN(C)CC1.Cl. The lowest BCUT2D eigenvalue weighted by molar-refractivity contribution is -0.138. The molecule has 1 fully saturated rings. The quantitative estimate of drug-likeness (QED) is 0.420. The Hall–Kier alpha value is -1.05. The number of hydrogen-bond acceptors (Lipinski definition) is 4. The smallest absolute Gasteiger partial charge is 0.348 e. The number of carbonyl (C=O) groups excluding carboxylic acids is 1. The molecule has 0 saturated carbocycles. The minimum atomic E-state index is -0.473. The van der Waals surface area contributed by atoms with E-state index in [1.807, 2.05) is 13.1 Å². The van der Waals surface area contributed by atoms with E-state index in [-0.39, 0.29) is 18.0 Å². The Bertz CT molecular complexity index is 310. The number of carbonyl (C=O) groups is 1. The van der Waals surface area contributed by atoms with Gasteiger partial charge in [0.05, 0.1) is 6.61 Å². The number of halogens is 1. The van der Waals surface area contributed by atoms with Crippen LogP contribution in [0.25, 0.3) is 0 Å². The van der Waals surface area contributed by atoms with Crippen molar-refractivity contribution in [2.75, 3.05) is 26.7 Å². The number of ether oxygens (including phenoxy) is 1. The molecule has 1 aliphatic heterocycles. The molecule has 0 aromatic rings. The van der Waals surface area contributed by atoms with Crippen LogP contribution in [0.5, 0.6) is 0 Å². The van der Waals surface area contributed by atoms with Crippen molar-refractivity contribution in [1.29, 1.82) is 5.26 Å². The molecule has 1 heterocycles. The molecule has 0 N–H and O–H groups in total. The highest BCUT2D eigenvalue weighted by molar-refractivity contribution is 5.93. The molecule has 0 radical (unpaired) electrons. The van der Waals surface area contributed by atoms with Crippen molar-refractivity contribution in [2.45, 2.75) is 19.8 Å². The number of esters is 1. The van der Waals surface area contributed by atoms with Crippen LogP contribution in [0.15, 0.2) is 11.1 Å². The largest absolute Gasteiger partial charge is 0.462 e. The average molecular weight is 245 g/mol. The van der Waals surface area contributed by atoms with Gasteiger partial charge >= 0.3 is 5.97 Å². The van der Waals surface area contributed by atoms with Crippen LogP contribution in [0.3, 0.4) is 0 Å². The second-order valence-corrected chi connectivity index (χ2v) is 3.61. The third-order valence-electron chi connectivity index (χ3n) is 2.54. The van der Waals surface area contributed by atoms with Gasteiger partial charge < -0.3 is 9.64 Å². The van der Waals surface area contributed by atoms with Crippen molar-refractivity contribution in [3.05, 3.63) is 11.1 Å². The summed E-state index contributed by atoms with van der Waals surface area (Å²) in [5.41, 5.74) is 1.15. The fourth-order valence-corrected chi connectivity index (χ4v) is 1.61. The summed E-state index contributed by atoms with van der Waals surface area (Å²) < 4.78 is 4.84. The summed E-state index contributed by atoms with van der Waals surface area (Å²) in [6.07, 6.45) is 1.58. The molecule has 1 rings (SSSR count). The number of likely N-dealkylation sites (tertiary alicyclic amines) is 1. The van der Waals surface area contributed by atoms with Gasteiger partial charge in [0.15, 0.2) is 0 Å². The fourth-order valence-electron chi connectivity index (χ4n) is 1.61. The fraction of sp³-hybridized carbons (Fsp3) is 0.636. The van der Waals surface area contributed by atoms with Crippen LogP contribution >= 0.6 is 12.4 Å². The summed E-state index contributed by atoms with van der Waals surface area (Å²) in [5.74, 6) is -0.473. The van der Waals surface area contributed by atoms with Crippen molar-refractivity contribution in [2.24, 2.45) is 0 Å². The molecular weight excluding hydrogens is 228 g/mol. The second kappa shape index (κ2) is 7.26. The lowest BCUT2D eigenvalue weighted by Crippen LogP contribution is -2.27. The standard InChI is InChI=1S/C11H16N2O2.ClH/c1-3-15-11(14)10(8-12)9-4-6-13(2)7-5-9;/h3-7H2,1-2H3;1H. The molecular formula is C11H17ClN2O2. The highest BCUT2D eigenvalue weighted by Crippen LogP contribution is 2.19. The minimum Gasteiger partial charge on any atom is -0.462 e. The molecule has 0 spiro atoms. The van der Waals surface area contributed by atoms with Gasteiger partial charge in [-0.2, -0.15) is 5.26 Å². The summed E-state index contributed by atoms with van der Waals surface area (Å²) in [7, 11) is 2.03. The molecule has 16 heavy (non-hydrogen) atoms. The first-order chi connectivity index (χ1) is 7.19. The predicted octanol–water partition coefficient (Wildman–Crippen LogP) is 1.52. The molecule has 0 aliphatic carbocycles. The predicted molar refractivity (Wildman–Crippen MR) is 63.3 cm³/mol. The Morgan fingerprint density at radius 3 is 2.50 bits per heavy atom. The van der Waals surface area contributed by atoms with Crippen LogP contribution in [-0.4, -0.2) is 37.6 Å².